The van der Waals surface area contributed by atoms with E-state index in [2.05, 4.69) is 31.0 Å². The maximum absolute atomic E-state index is 11.7. The maximum Gasteiger partial charge on any atom is 0.234 e. The second-order valence-electron chi connectivity index (χ2n) is 4.13. The smallest absolute Gasteiger partial charge is 0.234 e. The van der Waals surface area contributed by atoms with Gasteiger partial charge in [0, 0.05) is 11.4 Å². The summed E-state index contributed by atoms with van der Waals surface area (Å²) < 4.78 is 0. The Morgan fingerprint density at radius 3 is 2.47 bits per heavy atom. The Bertz CT molecular complexity index is 403. The molecule has 2 nitrogen and oxygen atoms in total. The fraction of sp³-hybridized carbons (Fsp3) is 0.357. The number of hydrogen-bond donors (Lipinski definition) is 1. The highest BCUT2D eigenvalue weighted by molar-refractivity contribution is 8.00. The van der Waals surface area contributed by atoms with Gasteiger partial charge in [0.05, 0.1) is 5.75 Å². The molecule has 92 valence electrons. The van der Waals surface area contributed by atoms with Crippen LogP contribution in [-0.4, -0.2) is 17.4 Å². The molecule has 17 heavy (non-hydrogen) atoms. The molecule has 1 rings (SSSR count). The van der Waals surface area contributed by atoms with Gasteiger partial charge < -0.3 is 5.32 Å². The Morgan fingerprint density at radius 2 is 1.94 bits per heavy atom. The topological polar surface area (TPSA) is 29.1 Å². The lowest BCUT2D eigenvalue weighted by Gasteiger charge is -2.12. The van der Waals surface area contributed by atoms with Crippen molar-refractivity contribution in [2.24, 2.45) is 0 Å². The molecule has 0 fully saturated rings. The largest absolute Gasteiger partial charge is 0.325 e. The SMILES string of the molecule is C=CCSCC(=O)Nc1c(C)cc(C)cc1C. The predicted octanol–water partition coefficient (Wildman–Crippen LogP) is 3.47. The van der Waals surface area contributed by atoms with Gasteiger partial charge in [-0.1, -0.05) is 23.8 Å². The third-order valence-corrected chi connectivity index (χ3v) is 3.35. The first-order valence-electron chi connectivity index (χ1n) is 5.61. The summed E-state index contributed by atoms with van der Waals surface area (Å²) in [5.41, 5.74) is 4.40. The lowest BCUT2D eigenvalue weighted by Crippen LogP contribution is -2.16. The number of amides is 1. The first-order chi connectivity index (χ1) is 8.04. The van der Waals surface area contributed by atoms with E-state index in [1.807, 2.05) is 13.8 Å². The third-order valence-electron chi connectivity index (χ3n) is 2.41. The number of aryl methyl sites for hydroxylation is 3. The molecular weight excluding hydrogens is 230 g/mol. The van der Waals surface area contributed by atoms with Crippen LogP contribution in [0, 0.1) is 20.8 Å². The molecule has 0 bridgehead atoms. The van der Waals surface area contributed by atoms with E-state index in [0.29, 0.717) is 5.75 Å². The molecule has 0 aromatic heterocycles. The lowest BCUT2D eigenvalue weighted by atomic mass is 10.1. The average molecular weight is 249 g/mol. The van der Waals surface area contributed by atoms with Gasteiger partial charge in [-0.25, -0.2) is 0 Å². The van der Waals surface area contributed by atoms with Crippen molar-refractivity contribution in [3.8, 4) is 0 Å². The molecule has 0 aliphatic rings. The van der Waals surface area contributed by atoms with Crippen LogP contribution >= 0.6 is 11.8 Å². The average Bonchev–Trinajstić information content (AvgIpc) is 2.24. The molecule has 0 heterocycles. The second kappa shape index (κ2) is 6.50. The van der Waals surface area contributed by atoms with E-state index in [4.69, 9.17) is 0 Å². The molecule has 0 spiro atoms. The molecule has 0 unspecified atom stereocenters. The van der Waals surface area contributed by atoms with Gasteiger partial charge in [0.25, 0.3) is 0 Å². The number of rotatable bonds is 5. The van der Waals surface area contributed by atoms with Crippen LogP contribution in [-0.2, 0) is 4.79 Å². The summed E-state index contributed by atoms with van der Waals surface area (Å²) in [4.78, 5) is 11.7. The number of anilines is 1. The van der Waals surface area contributed by atoms with Crippen molar-refractivity contribution >= 4 is 23.4 Å². The molecular formula is C14H19NOS. The molecule has 0 atom stereocenters. The number of thioether (sulfide) groups is 1. The van der Waals surface area contributed by atoms with E-state index in [1.54, 1.807) is 17.8 Å². The van der Waals surface area contributed by atoms with Gasteiger partial charge in [-0.15, -0.1) is 18.3 Å². The Hall–Kier alpha value is -1.22. The summed E-state index contributed by atoms with van der Waals surface area (Å²) in [5.74, 6) is 1.32. The van der Waals surface area contributed by atoms with Gasteiger partial charge >= 0.3 is 0 Å². The third kappa shape index (κ3) is 4.27. The fourth-order valence-corrected chi connectivity index (χ4v) is 2.33. The quantitative estimate of drug-likeness (QED) is 0.639. The van der Waals surface area contributed by atoms with Gasteiger partial charge in [0.15, 0.2) is 0 Å². The molecule has 1 N–H and O–H groups in total. The molecule has 1 aromatic rings. The van der Waals surface area contributed by atoms with Gasteiger partial charge in [-0.05, 0) is 31.9 Å². The number of benzene rings is 1. The zero-order chi connectivity index (χ0) is 12.8. The van der Waals surface area contributed by atoms with Crippen LogP contribution in [0.15, 0.2) is 24.8 Å². The van der Waals surface area contributed by atoms with Crippen LogP contribution in [0.3, 0.4) is 0 Å². The zero-order valence-electron chi connectivity index (χ0n) is 10.7. The fourth-order valence-electron chi connectivity index (χ4n) is 1.79. The highest BCUT2D eigenvalue weighted by Crippen LogP contribution is 2.22. The summed E-state index contributed by atoms with van der Waals surface area (Å²) in [6.45, 7) is 9.73. The van der Waals surface area contributed by atoms with Crippen molar-refractivity contribution in [1.82, 2.24) is 0 Å². The minimum Gasteiger partial charge on any atom is -0.325 e. The van der Waals surface area contributed by atoms with Crippen molar-refractivity contribution in [3.63, 3.8) is 0 Å². The molecule has 1 aromatic carbocycles. The number of carbonyl (C=O) groups excluding carboxylic acids is 1. The number of carbonyl (C=O) groups is 1. The van der Waals surface area contributed by atoms with Gasteiger partial charge in [0.2, 0.25) is 5.91 Å². The molecule has 0 aliphatic heterocycles. The van der Waals surface area contributed by atoms with Crippen LogP contribution in [0.25, 0.3) is 0 Å². The van der Waals surface area contributed by atoms with Crippen molar-refractivity contribution in [2.75, 3.05) is 16.8 Å². The number of hydrogen-bond acceptors (Lipinski definition) is 2. The first kappa shape index (κ1) is 13.8. The van der Waals surface area contributed by atoms with Crippen molar-refractivity contribution in [2.45, 2.75) is 20.8 Å². The zero-order valence-corrected chi connectivity index (χ0v) is 11.5. The molecule has 0 radical (unpaired) electrons. The van der Waals surface area contributed by atoms with E-state index in [1.165, 1.54) is 5.56 Å². The normalized spacial score (nSPS) is 10.1. The summed E-state index contributed by atoms with van der Waals surface area (Å²) in [5, 5.41) is 2.97. The summed E-state index contributed by atoms with van der Waals surface area (Å²) in [6.07, 6.45) is 1.81. The standard InChI is InChI=1S/C14H19NOS/c1-5-6-17-9-13(16)15-14-11(3)7-10(2)8-12(14)4/h5,7-8H,1,6,9H2,2-4H3,(H,15,16). The summed E-state index contributed by atoms with van der Waals surface area (Å²) >= 11 is 1.57. The molecule has 3 heteroatoms. The predicted molar refractivity (Wildman–Crippen MR) is 76.8 cm³/mol. The van der Waals surface area contributed by atoms with E-state index in [-0.39, 0.29) is 5.91 Å². The van der Waals surface area contributed by atoms with E-state index in [9.17, 15) is 4.79 Å². The Balaban J connectivity index is 2.68. The summed E-state index contributed by atoms with van der Waals surface area (Å²) in [7, 11) is 0. The van der Waals surface area contributed by atoms with Crippen LogP contribution in [0.2, 0.25) is 0 Å². The van der Waals surface area contributed by atoms with E-state index < -0.39 is 0 Å². The Kier molecular flexibility index (Phi) is 5.29. The lowest BCUT2D eigenvalue weighted by molar-refractivity contribution is -0.113. The number of nitrogens with one attached hydrogen (secondary N) is 1. The molecule has 0 saturated carbocycles. The minimum absolute atomic E-state index is 0.0481. The van der Waals surface area contributed by atoms with Crippen molar-refractivity contribution < 1.29 is 4.79 Å². The van der Waals surface area contributed by atoms with E-state index >= 15 is 0 Å². The van der Waals surface area contributed by atoms with Crippen molar-refractivity contribution in [3.05, 3.63) is 41.5 Å². The van der Waals surface area contributed by atoms with Crippen LogP contribution < -0.4 is 5.32 Å². The van der Waals surface area contributed by atoms with Gasteiger partial charge in [-0.2, -0.15) is 0 Å². The highest BCUT2D eigenvalue weighted by atomic mass is 32.2. The monoisotopic (exact) mass is 249 g/mol. The van der Waals surface area contributed by atoms with Crippen LogP contribution in [0.5, 0.6) is 0 Å². The summed E-state index contributed by atoms with van der Waals surface area (Å²) in [6, 6.07) is 4.17. The molecule has 0 aliphatic carbocycles. The highest BCUT2D eigenvalue weighted by Gasteiger charge is 2.07. The molecule has 0 saturated heterocycles. The molecule has 1 amide bonds. The minimum atomic E-state index is 0.0481. The van der Waals surface area contributed by atoms with Crippen LogP contribution in [0.1, 0.15) is 16.7 Å². The van der Waals surface area contributed by atoms with Crippen molar-refractivity contribution in [1.29, 1.82) is 0 Å². The Labute approximate surface area is 107 Å². The second-order valence-corrected chi connectivity index (χ2v) is 5.16. The van der Waals surface area contributed by atoms with Gasteiger partial charge in [-0.3, -0.25) is 4.79 Å². The first-order valence-corrected chi connectivity index (χ1v) is 6.76. The van der Waals surface area contributed by atoms with E-state index in [0.717, 1.165) is 22.6 Å². The van der Waals surface area contributed by atoms with Gasteiger partial charge in [0.1, 0.15) is 0 Å². The van der Waals surface area contributed by atoms with Crippen LogP contribution in [0.4, 0.5) is 5.69 Å². The maximum atomic E-state index is 11.7. The Morgan fingerprint density at radius 1 is 1.35 bits per heavy atom.